The minimum absolute atomic E-state index is 0.237. The van der Waals surface area contributed by atoms with Crippen molar-refractivity contribution in [3.8, 4) is 10.8 Å². The summed E-state index contributed by atoms with van der Waals surface area (Å²) >= 11 is 3.06. The number of ether oxygens (including phenoxy) is 2. The Morgan fingerprint density at radius 1 is 1.36 bits per heavy atom. The molecule has 1 aromatic rings. The van der Waals surface area contributed by atoms with Crippen molar-refractivity contribution in [2.24, 2.45) is 0 Å². The van der Waals surface area contributed by atoms with Gasteiger partial charge in [0.05, 0.1) is 0 Å². The Kier molecular flexibility index (Phi) is 5.31. The fraction of sp³-hybridized carbons (Fsp3) is 0.273. The maximum atomic E-state index is 5.39. The summed E-state index contributed by atoms with van der Waals surface area (Å²) < 4.78 is 10.2. The van der Waals surface area contributed by atoms with E-state index in [1.807, 2.05) is 30.3 Å². The molecule has 1 unspecified atom stereocenters. The van der Waals surface area contributed by atoms with Gasteiger partial charge in [-0.3, -0.25) is 0 Å². The van der Waals surface area contributed by atoms with Crippen LogP contribution in [0.3, 0.4) is 0 Å². The molecule has 0 heterocycles. The van der Waals surface area contributed by atoms with Crippen molar-refractivity contribution in [2.75, 3.05) is 13.9 Å². The van der Waals surface area contributed by atoms with Gasteiger partial charge in [0.25, 0.3) is 0 Å². The second-order valence-electron chi connectivity index (χ2n) is 2.60. The van der Waals surface area contributed by atoms with Crippen LogP contribution < -0.4 is 0 Å². The molecule has 0 amide bonds. The lowest BCUT2D eigenvalue weighted by atomic mass is 10.1. The highest BCUT2D eigenvalue weighted by Crippen LogP contribution is 2.15. The molecule has 14 heavy (non-hydrogen) atoms. The zero-order valence-corrected chi connectivity index (χ0v) is 9.45. The van der Waals surface area contributed by atoms with Gasteiger partial charge in [0.15, 0.2) is 0 Å². The molecular formula is C11H11BrO2. The van der Waals surface area contributed by atoms with Gasteiger partial charge in [-0.2, -0.15) is 0 Å². The Balaban J connectivity index is 2.71. The second kappa shape index (κ2) is 6.61. The average Bonchev–Trinajstić information content (AvgIpc) is 2.25. The number of methoxy groups -OCH3 is 1. The van der Waals surface area contributed by atoms with E-state index in [-0.39, 0.29) is 12.9 Å². The highest BCUT2D eigenvalue weighted by atomic mass is 79.9. The van der Waals surface area contributed by atoms with Crippen molar-refractivity contribution in [3.63, 3.8) is 0 Å². The number of halogens is 1. The molecule has 0 N–H and O–H groups in total. The highest BCUT2D eigenvalue weighted by molar-refractivity contribution is 9.12. The predicted octanol–water partition coefficient (Wildman–Crippen LogP) is 2.70. The maximum absolute atomic E-state index is 5.39. The van der Waals surface area contributed by atoms with Gasteiger partial charge >= 0.3 is 0 Å². The number of benzene rings is 1. The quantitative estimate of drug-likeness (QED) is 0.608. The Bertz CT molecular complexity index is 313. The van der Waals surface area contributed by atoms with Gasteiger partial charge in [0.1, 0.15) is 12.9 Å². The summed E-state index contributed by atoms with van der Waals surface area (Å²) in [5, 5.41) is 0. The molecule has 0 aliphatic rings. The predicted molar refractivity (Wildman–Crippen MR) is 58.8 cm³/mol. The lowest BCUT2D eigenvalue weighted by Gasteiger charge is -2.11. The first-order valence-electron chi connectivity index (χ1n) is 4.15. The van der Waals surface area contributed by atoms with Crippen LogP contribution in [0.5, 0.6) is 0 Å². The molecule has 0 fully saturated rings. The normalized spacial score (nSPS) is 11.6. The zero-order chi connectivity index (χ0) is 10.2. The molecule has 1 rings (SSSR count). The summed E-state index contributed by atoms with van der Waals surface area (Å²) in [5.41, 5.74) is 1.02. The molecule has 0 radical (unpaired) electrons. The SMILES string of the molecule is COCOC(C#CBr)c1ccccc1. The van der Waals surface area contributed by atoms with Crippen molar-refractivity contribution in [2.45, 2.75) is 6.10 Å². The van der Waals surface area contributed by atoms with Crippen LogP contribution in [0, 0.1) is 10.8 Å². The molecule has 3 heteroatoms. The minimum atomic E-state index is -0.240. The third kappa shape index (κ3) is 3.51. The molecular weight excluding hydrogens is 244 g/mol. The fourth-order valence-electron chi connectivity index (χ4n) is 1.03. The smallest absolute Gasteiger partial charge is 0.148 e. The average molecular weight is 255 g/mol. The Morgan fingerprint density at radius 2 is 2.07 bits per heavy atom. The van der Waals surface area contributed by atoms with E-state index in [4.69, 9.17) is 9.47 Å². The van der Waals surface area contributed by atoms with Crippen LogP contribution in [-0.2, 0) is 9.47 Å². The summed E-state index contributed by atoms with van der Waals surface area (Å²) in [6.45, 7) is 0.237. The molecule has 1 atom stereocenters. The fourth-order valence-corrected chi connectivity index (χ4v) is 1.24. The van der Waals surface area contributed by atoms with Crippen molar-refractivity contribution >= 4 is 15.9 Å². The first-order valence-corrected chi connectivity index (χ1v) is 4.94. The van der Waals surface area contributed by atoms with Gasteiger partial charge in [-0.1, -0.05) is 36.3 Å². The van der Waals surface area contributed by atoms with Gasteiger partial charge in [-0.05, 0) is 10.4 Å². The number of hydrogen-bond donors (Lipinski definition) is 0. The first-order chi connectivity index (χ1) is 6.88. The van der Waals surface area contributed by atoms with Gasteiger partial charge in [0.2, 0.25) is 0 Å². The van der Waals surface area contributed by atoms with Crippen LogP contribution in [-0.4, -0.2) is 13.9 Å². The lowest BCUT2D eigenvalue weighted by Crippen LogP contribution is -2.04. The van der Waals surface area contributed by atoms with Crippen LogP contribution in [0.4, 0.5) is 0 Å². The first kappa shape index (κ1) is 11.3. The van der Waals surface area contributed by atoms with Crippen LogP contribution in [0.15, 0.2) is 30.3 Å². The Hall–Kier alpha value is -0.820. The van der Waals surface area contributed by atoms with Crippen LogP contribution in [0.2, 0.25) is 0 Å². The Labute approximate surface area is 92.3 Å². The summed E-state index contributed by atoms with van der Waals surface area (Å²) in [5.74, 6) is 2.90. The highest BCUT2D eigenvalue weighted by Gasteiger charge is 2.07. The summed E-state index contributed by atoms with van der Waals surface area (Å²) in [6, 6.07) is 9.80. The van der Waals surface area contributed by atoms with Gasteiger partial charge in [-0.15, -0.1) is 0 Å². The summed E-state index contributed by atoms with van der Waals surface area (Å²) in [4.78, 5) is 2.66. The monoisotopic (exact) mass is 254 g/mol. The third-order valence-electron chi connectivity index (χ3n) is 1.64. The molecule has 0 aromatic heterocycles. The molecule has 0 aliphatic carbocycles. The van der Waals surface area contributed by atoms with Gasteiger partial charge in [-0.25, -0.2) is 0 Å². The van der Waals surface area contributed by atoms with E-state index in [2.05, 4.69) is 26.7 Å². The van der Waals surface area contributed by atoms with E-state index in [1.165, 1.54) is 0 Å². The molecule has 74 valence electrons. The van der Waals surface area contributed by atoms with Crippen LogP contribution in [0.25, 0.3) is 0 Å². The standard InChI is InChI=1S/C11H11BrO2/c1-13-9-14-11(7-8-12)10-5-3-2-4-6-10/h2-6,11H,9H2,1H3. The number of rotatable bonds is 4. The minimum Gasteiger partial charge on any atom is -0.359 e. The number of hydrogen-bond acceptors (Lipinski definition) is 2. The molecule has 0 aliphatic heterocycles. The van der Waals surface area contributed by atoms with Crippen molar-refractivity contribution in [1.82, 2.24) is 0 Å². The largest absolute Gasteiger partial charge is 0.359 e. The van der Waals surface area contributed by atoms with Gasteiger partial charge < -0.3 is 9.47 Å². The van der Waals surface area contributed by atoms with E-state index < -0.39 is 0 Å². The van der Waals surface area contributed by atoms with Crippen LogP contribution in [0.1, 0.15) is 11.7 Å². The van der Waals surface area contributed by atoms with Gasteiger partial charge in [0, 0.05) is 23.0 Å². The van der Waals surface area contributed by atoms with Crippen molar-refractivity contribution in [1.29, 1.82) is 0 Å². The van der Waals surface area contributed by atoms with Crippen molar-refractivity contribution < 1.29 is 9.47 Å². The molecule has 2 nitrogen and oxygen atoms in total. The lowest BCUT2D eigenvalue weighted by molar-refractivity contribution is -0.0534. The second-order valence-corrected chi connectivity index (χ2v) is 3.00. The summed E-state index contributed by atoms with van der Waals surface area (Å²) in [6.07, 6.45) is -0.240. The Morgan fingerprint density at radius 3 is 2.64 bits per heavy atom. The molecule has 0 bridgehead atoms. The zero-order valence-electron chi connectivity index (χ0n) is 7.87. The van der Waals surface area contributed by atoms with E-state index in [9.17, 15) is 0 Å². The molecule has 0 spiro atoms. The third-order valence-corrected chi connectivity index (χ3v) is 1.87. The van der Waals surface area contributed by atoms with E-state index >= 15 is 0 Å². The van der Waals surface area contributed by atoms with E-state index in [0.717, 1.165) is 5.56 Å². The van der Waals surface area contributed by atoms with Crippen molar-refractivity contribution in [3.05, 3.63) is 35.9 Å². The topological polar surface area (TPSA) is 18.5 Å². The van der Waals surface area contributed by atoms with E-state index in [0.29, 0.717) is 0 Å². The maximum Gasteiger partial charge on any atom is 0.148 e. The molecule has 0 saturated carbocycles. The van der Waals surface area contributed by atoms with Crippen LogP contribution >= 0.6 is 15.9 Å². The molecule has 0 saturated heterocycles. The van der Waals surface area contributed by atoms with E-state index in [1.54, 1.807) is 7.11 Å². The molecule has 1 aromatic carbocycles. The summed E-state index contributed by atoms with van der Waals surface area (Å²) in [7, 11) is 1.59.